The van der Waals surface area contributed by atoms with Crippen molar-refractivity contribution in [3.8, 4) is 0 Å². The largest absolute Gasteiger partial charge is 0.385 e. The molecule has 2 fully saturated rings. The van der Waals surface area contributed by atoms with E-state index in [2.05, 4.69) is 34.4 Å². The van der Waals surface area contributed by atoms with Crippen LogP contribution in [0.5, 0.6) is 0 Å². The molecule has 0 aromatic heterocycles. The Kier molecular flexibility index (Phi) is 12.2. The van der Waals surface area contributed by atoms with Crippen LogP contribution in [0.3, 0.4) is 0 Å². The van der Waals surface area contributed by atoms with E-state index in [0.29, 0.717) is 11.3 Å². The predicted octanol–water partition coefficient (Wildman–Crippen LogP) is 2.72. The number of hydrogen-bond acceptors (Lipinski definition) is 4. The van der Waals surface area contributed by atoms with Gasteiger partial charge in [0.15, 0.2) is 5.96 Å². The van der Waals surface area contributed by atoms with E-state index in [1.165, 1.54) is 25.7 Å². The Labute approximate surface area is 183 Å². The molecule has 160 valence electrons. The van der Waals surface area contributed by atoms with Crippen molar-refractivity contribution < 1.29 is 9.47 Å². The highest BCUT2D eigenvalue weighted by atomic mass is 127. The zero-order valence-corrected chi connectivity index (χ0v) is 20.1. The van der Waals surface area contributed by atoms with Gasteiger partial charge >= 0.3 is 0 Å². The number of nitrogens with zero attached hydrogens (tertiary/aromatic N) is 2. The standard InChI is InChI=1S/C20H40N4O2.HI/c1-17(2)14-24-10-12-26-18(15-24)13-22-19(21-3)23-16-20(9-11-25-4)7-5-6-8-20;/h17-18H,5-16H2,1-4H3,(H2,21,22,23);1H. The monoisotopic (exact) mass is 496 g/mol. The van der Waals surface area contributed by atoms with Crippen molar-refractivity contribution in [2.45, 2.75) is 52.1 Å². The summed E-state index contributed by atoms with van der Waals surface area (Å²) in [5.74, 6) is 1.59. The summed E-state index contributed by atoms with van der Waals surface area (Å²) in [6.45, 7) is 11.2. The van der Waals surface area contributed by atoms with Crippen LogP contribution in [0, 0.1) is 11.3 Å². The maximum atomic E-state index is 5.93. The molecule has 1 aliphatic heterocycles. The molecule has 0 spiro atoms. The molecule has 1 atom stereocenters. The molecule has 1 saturated heterocycles. The number of morpholine rings is 1. The van der Waals surface area contributed by atoms with E-state index < -0.39 is 0 Å². The van der Waals surface area contributed by atoms with Crippen LogP contribution in [0.2, 0.25) is 0 Å². The van der Waals surface area contributed by atoms with Gasteiger partial charge in [-0.2, -0.15) is 0 Å². The number of nitrogens with one attached hydrogen (secondary N) is 2. The third-order valence-electron chi connectivity index (χ3n) is 5.70. The van der Waals surface area contributed by atoms with E-state index in [-0.39, 0.29) is 30.1 Å². The Morgan fingerprint density at radius 1 is 1.30 bits per heavy atom. The number of aliphatic imine (C=N–C) groups is 1. The van der Waals surface area contributed by atoms with Crippen molar-refractivity contribution in [3.63, 3.8) is 0 Å². The van der Waals surface area contributed by atoms with E-state index in [4.69, 9.17) is 9.47 Å². The van der Waals surface area contributed by atoms with Gasteiger partial charge < -0.3 is 20.1 Å². The lowest BCUT2D eigenvalue weighted by Gasteiger charge is -2.34. The molecular weight excluding hydrogens is 455 g/mol. The Morgan fingerprint density at radius 2 is 2.04 bits per heavy atom. The second-order valence-corrected chi connectivity index (χ2v) is 8.40. The van der Waals surface area contributed by atoms with Gasteiger partial charge in [0.1, 0.15) is 0 Å². The number of hydrogen-bond donors (Lipinski definition) is 2. The zero-order valence-electron chi connectivity index (χ0n) is 17.8. The van der Waals surface area contributed by atoms with Gasteiger partial charge in [0.25, 0.3) is 0 Å². The summed E-state index contributed by atoms with van der Waals surface area (Å²) >= 11 is 0. The molecule has 0 bridgehead atoms. The lowest BCUT2D eigenvalue weighted by Crippen LogP contribution is -2.51. The maximum Gasteiger partial charge on any atom is 0.191 e. The third kappa shape index (κ3) is 8.83. The molecule has 7 heteroatoms. The van der Waals surface area contributed by atoms with Crippen LogP contribution >= 0.6 is 24.0 Å². The molecule has 2 N–H and O–H groups in total. The van der Waals surface area contributed by atoms with Gasteiger partial charge in [0.05, 0.1) is 12.7 Å². The fourth-order valence-electron chi connectivity index (χ4n) is 4.25. The minimum atomic E-state index is 0. The van der Waals surface area contributed by atoms with Crippen molar-refractivity contribution in [1.82, 2.24) is 15.5 Å². The SMILES string of the molecule is CN=C(NCC1CN(CC(C)C)CCO1)NCC1(CCOC)CCCC1.I. The van der Waals surface area contributed by atoms with Crippen molar-refractivity contribution in [2.24, 2.45) is 16.3 Å². The highest BCUT2D eigenvalue weighted by molar-refractivity contribution is 14.0. The quantitative estimate of drug-likeness (QED) is 0.292. The molecule has 27 heavy (non-hydrogen) atoms. The van der Waals surface area contributed by atoms with Crippen LogP contribution in [0.1, 0.15) is 46.0 Å². The second kappa shape index (κ2) is 13.2. The highest BCUT2D eigenvalue weighted by Crippen LogP contribution is 2.40. The van der Waals surface area contributed by atoms with Crippen molar-refractivity contribution >= 4 is 29.9 Å². The van der Waals surface area contributed by atoms with Crippen molar-refractivity contribution in [2.75, 3.05) is 60.1 Å². The Bertz CT molecular complexity index is 428. The van der Waals surface area contributed by atoms with E-state index in [9.17, 15) is 0 Å². The summed E-state index contributed by atoms with van der Waals surface area (Å²) in [6, 6.07) is 0. The van der Waals surface area contributed by atoms with Crippen LogP contribution in [0.4, 0.5) is 0 Å². The van der Waals surface area contributed by atoms with Gasteiger partial charge in [-0.15, -0.1) is 24.0 Å². The molecular formula is C20H41IN4O2. The molecule has 1 unspecified atom stereocenters. The first-order chi connectivity index (χ1) is 12.6. The smallest absolute Gasteiger partial charge is 0.191 e. The molecule has 1 aliphatic carbocycles. The molecule has 0 aromatic rings. The topological polar surface area (TPSA) is 58.1 Å². The summed E-state index contributed by atoms with van der Waals surface area (Å²) < 4.78 is 11.3. The first kappa shape index (κ1) is 24.9. The van der Waals surface area contributed by atoms with Crippen LogP contribution < -0.4 is 10.6 Å². The number of methoxy groups -OCH3 is 1. The zero-order chi connectivity index (χ0) is 18.8. The second-order valence-electron chi connectivity index (χ2n) is 8.40. The fraction of sp³-hybridized carbons (Fsp3) is 0.950. The van der Waals surface area contributed by atoms with Crippen molar-refractivity contribution in [1.29, 1.82) is 0 Å². The summed E-state index contributed by atoms with van der Waals surface area (Å²) in [7, 11) is 3.64. The minimum absolute atomic E-state index is 0. The average molecular weight is 496 g/mol. The van der Waals surface area contributed by atoms with Gasteiger partial charge in [-0.1, -0.05) is 26.7 Å². The van der Waals surface area contributed by atoms with Gasteiger partial charge in [0.2, 0.25) is 0 Å². The predicted molar refractivity (Wildman–Crippen MR) is 123 cm³/mol. The molecule has 2 aliphatic rings. The van der Waals surface area contributed by atoms with Gasteiger partial charge in [0, 0.05) is 53.5 Å². The normalized spacial score (nSPS) is 23.3. The van der Waals surface area contributed by atoms with Crippen LogP contribution in [-0.2, 0) is 9.47 Å². The Morgan fingerprint density at radius 3 is 2.67 bits per heavy atom. The third-order valence-corrected chi connectivity index (χ3v) is 5.70. The first-order valence-electron chi connectivity index (χ1n) is 10.3. The van der Waals surface area contributed by atoms with Crippen molar-refractivity contribution in [3.05, 3.63) is 0 Å². The van der Waals surface area contributed by atoms with Crippen LogP contribution in [-0.4, -0.2) is 77.1 Å². The average Bonchev–Trinajstić information content (AvgIpc) is 3.09. The first-order valence-corrected chi connectivity index (χ1v) is 10.3. The summed E-state index contributed by atoms with van der Waals surface area (Å²) in [4.78, 5) is 6.92. The summed E-state index contributed by atoms with van der Waals surface area (Å²) in [5, 5.41) is 7.02. The molecule has 2 rings (SSSR count). The van der Waals surface area contributed by atoms with Gasteiger partial charge in [-0.3, -0.25) is 9.89 Å². The fourth-order valence-corrected chi connectivity index (χ4v) is 4.25. The van der Waals surface area contributed by atoms with E-state index in [1.807, 2.05) is 7.05 Å². The molecule has 6 nitrogen and oxygen atoms in total. The highest BCUT2D eigenvalue weighted by Gasteiger charge is 2.33. The maximum absolute atomic E-state index is 5.93. The molecule has 1 saturated carbocycles. The number of halogens is 1. The molecule has 0 aromatic carbocycles. The molecule has 1 heterocycles. The Hall–Kier alpha value is -0.120. The lowest BCUT2D eigenvalue weighted by molar-refractivity contribution is -0.0284. The molecule has 0 amide bonds. The minimum Gasteiger partial charge on any atom is -0.385 e. The van der Waals surface area contributed by atoms with E-state index in [0.717, 1.165) is 58.3 Å². The number of guanidine groups is 1. The van der Waals surface area contributed by atoms with E-state index >= 15 is 0 Å². The van der Waals surface area contributed by atoms with E-state index in [1.54, 1.807) is 7.11 Å². The van der Waals surface area contributed by atoms with Gasteiger partial charge in [-0.25, -0.2) is 0 Å². The molecule has 0 radical (unpaired) electrons. The van der Waals surface area contributed by atoms with Gasteiger partial charge in [-0.05, 0) is 30.6 Å². The van der Waals surface area contributed by atoms with Crippen LogP contribution in [0.15, 0.2) is 4.99 Å². The summed E-state index contributed by atoms with van der Waals surface area (Å²) in [6.07, 6.45) is 6.60. The lowest BCUT2D eigenvalue weighted by atomic mass is 9.83. The number of ether oxygens (including phenoxy) is 2. The Balaban J connectivity index is 0.00000364. The van der Waals surface area contributed by atoms with Crippen LogP contribution in [0.25, 0.3) is 0 Å². The summed E-state index contributed by atoms with van der Waals surface area (Å²) in [5.41, 5.74) is 0.364. The number of rotatable bonds is 9.